The molecule has 0 amide bonds. The average molecular weight is 254 g/mol. The van der Waals surface area contributed by atoms with Crippen molar-refractivity contribution in [2.45, 2.75) is 19.9 Å². The van der Waals surface area contributed by atoms with Crippen LogP contribution in [0.5, 0.6) is 0 Å². The largest absolute Gasteiger partial charge is 0.464 e. The molecule has 2 rings (SSSR count). The highest BCUT2D eigenvalue weighted by Crippen LogP contribution is 2.19. The number of anilines is 1. The van der Waals surface area contributed by atoms with Gasteiger partial charge in [0.15, 0.2) is 0 Å². The normalized spacial score (nSPS) is 10.5. The van der Waals surface area contributed by atoms with Crippen molar-refractivity contribution in [2.24, 2.45) is 0 Å². The van der Waals surface area contributed by atoms with Crippen molar-refractivity contribution >= 4 is 17.3 Å². The van der Waals surface area contributed by atoms with E-state index in [0.717, 1.165) is 17.9 Å². The fourth-order valence-corrected chi connectivity index (χ4v) is 1.62. The van der Waals surface area contributed by atoms with Crippen molar-refractivity contribution in [3.63, 3.8) is 0 Å². The third kappa shape index (κ3) is 3.01. The molecule has 0 fully saturated rings. The Labute approximate surface area is 104 Å². The van der Waals surface area contributed by atoms with Gasteiger partial charge in [-0.1, -0.05) is 18.5 Å². The smallest absolute Gasteiger partial charge is 0.143 e. The Morgan fingerprint density at radius 1 is 1.24 bits per heavy atom. The van der Waals surface area contributed by atoms with Gasteiger partial charge in [-0.05, 0) is 30.3 Å². The summed E-state index contributed by atoms with van der Waals surface area (Å²) in [6, 6.07) is 8.48. The summed E-state index contributed by atoms with van der Waals surface area (Å²) in [5, 5.41) is 3.20. The molecule has 0 bridgehead atoms. The van der Waals surface area contributed by atoms with Crippen molar-refractivity contribution in [1.82, 2.24) is 0 Å². The van der Waals surface area contributed by atoms with Gasteiger partial charge < -0.3 is 9.73 Å². The third-order valence-corrected chi connectivity index (χ3v) is 2.76. The molecule has 17 heavy (non-hydrogen) atoms. The van der Waals surface area contributed by atoms with Crippen LogP contribution in [-0.4, -0.2) is 0 Å². The molecule has 0 aliphatic heterocycles. The summed E-state index contributed by atoms with van der Waals surface area (Å²) < 4.78 is 18.7. The van der Waals surface area contributed by atoms with Gasteiger partial charge in [0, 0.05) is 12.1 Å². The van der Waals surface area contributed by atoms with E-state index in [4.69, 9.17) is 16.0 Å². The van der Waals surface area contributed by atoms with Gasteiger partial charge in [0.25, 0.3) is 0 Å². The van der Waals surface area contributed by atoms with Crippen LogP contribution in [0.1, 0.15) is 18.4 Å². The van der Waals surface area contributed by atoms with Crippen LogP contribution in [0, 0.1) is 5.82 Å². The highest BCUT2D eigenvalue weighted by molar-refractivity contribution is 6.30. The molecule has 0 saturated carbocycles. The van der Waals surface area contributed by atoms with Gasteiger partial charge in [-0.25, -0.2) is 4.39 Å². The highest BCUT2D eigenvalue weighted by atomic mass is 35.5. The van der Waals surface area contributed by atoms with Gasteiger partial charge >= 0.3 is 0 Å². The summed E-state index contributed by atoms with van der Waals surface area (Å²) in [5.74, 6) is 1.35. The molecule has 0 radical (unpaired) electrons. The molecule has 0 unspecified atom stereocenters. The van der Waals surface area contributed by atoms with Crippen molar-refractivity contribution in [2.75, 3.05) is 5.32 Å². The number of furan rings is 1. The minimum Gasteiger partial charge on any atom is -0.464 e. The molecule has 90 valence electrons. The van der Waals surface area contributed by atoms with E-state index in [-0.39, 0.29) is 5.02 Å². The van der Waals surface area contributed by atoms with Crippen LogP contribution in [0.3, 0.4) is 0 Å². The number of hydrogen-bond acceptors (Lipinski definition) is 2. The van der Waals surface area contributed by atoms with E-state index in [1.54, 1.807) is 6.07 Å². The van der Waals surface area contributed by atoms with Crippen molar-refractivity contribution in [1.29, 1.82) is 0 Å². The molecule has 0 saturated heterocycles. The van der Waals surface area contributed by atoms with Crippen LogP contribution in [0.15, 0.2) is 34.7 Å². The van der Waals surface area contributed by atoms with Gasteiger partial charge in [-0.3, -0.25) is 0 Å². The van der Waals surface area contributed by atoms with E-state index in [9.17, 15) is 4.39 Å². The lowest BCUT2D eigenvalue weighted by Crippen LogP contribution is -1.98. The first-order valence-corrected chi connectivity index (χ1v) is 5.83. The molecule has 0 atom stereocenters. The van der Waals surface area contributed by atoms with Gasteiger partial charge in [0.1, 0.15) is 17.3 Å². The Bertz CT molecular complexity index is 510. The Balaban J connectivity index is 1.99. The first kappa shape index (κ1) is 12.0. The van der Waals surface area contributed by atoms with E-state index >= 15 is 0 Å². The minimum absolute atomic E-state index is 0.127. The highest BCUT2D eigenvalue weighted by Gasteiger charge is 2.03. The summed E-state index contributed by atoms with van der Waals surface area (Å²) in [5.41, 5.74) is 0.682. The zero-order valence-corrected chi connectivity index (χ0v) is 10.2. The molecule has 1 N–H and O–H groups in total. The zero-order valence-electron chi connectivity index (χ0n) is 9.47. The molecule has 0 aliphatic rings. The van der Waals surface area contributed by atoms with Crippen LogP contribution in [-0.2, 0) is 13.0 Å². The lowest BCUT2D eigenvalue weighted by atomic mass is 10.3. The van der Waals surface area contributed by atoms with Crippen LogP contribution in [0.25, 0.3) is 0 Å². The Kier molecular flexibility index (Phi) is 3.69. The average Bonchev–Trinajstić information content (AvgIpc) is 2.79. The predicted molar refractivity (Wildman–Crippen MR) is 66.8 cm³/mol. The van der Waals surface area contributed by atoms with E-state index in [1.165, 1.54) is 12.1 Å². The fourth-order valence-electron chi connectivity index (χ4n) is 1.50. The van der Waals surface area contributed by atoms with Gasteiger partial charge in [-0.2, -0.15) is 0 Å². The number of rotatable bonds is 4. The molecule has 0 aliphatic carbocycles. The number of aryl methyl sites for hydroxylation is 1. The second-order valence-electron chi connectivity index (χ2n) is 3.70. The Morgan fingerprint density at radius 3 is 2.65 bits per heavy atom. The maximum atomic E-state index is 13.2. The summed E-state index contributed by atoms with van der Waals surface area (Å²) in [6.07, 6.45) is 0.871. The molecule has 4 heteroatoms. The van der Waals surface area contributed by atoms with E-state index in [2.05, 4.69) is 5.32 Å². The molecule has 1 heterocycles. The first-order valence-electron chi connectivity index (χ1n) is 5.45. The molecule has 0 spiro atoms. The summed E-state index contributed by atoms with van der Waals surface area (Å²) in [6.45, 7) is 2.56. The molecular formula is C13H13ClFNO. The van der Waals surface area contributed by atoms with Crippen LogP contribution < -0.4 is 5.32 Å². The van der Waals surface area contributed by atoms with Crippen LogP contribution in [0.2, 0.25) is 5.02 Å². The number of hydrogen-bond donors (Lipinski definition) is 1. The summed E-state index contributed by atoms with van der Waals surface area (Å²) in [7, 11) is 0. The summed E-state index contributed by atoms with van der Waals surface area (Å²) >= 11 is 5.60. The van der Waals surface area contributed by atoms with E-state index in [0.29, 0.717) is 12.2 Å². The van der Waals surface area contributed by atoms with E-state index in [1.807, 2.05) is 19.1 Å². The maximum Gasteiger partial charge on any atom is 0.143 e. The molecule has 2 aromatic rings. The predicted octanol–water partition coefficient (Wildman–Crippen LogP) is 4.25. The monoisotopic (exact) mass is 253 g/mol. The van der Waals surface area contributed by atoms with Gasteiger partial charge in [-0.15, -0.1) is 0 Å². The maximum absolute atomic E-state index is 13.2. The molecule has 2 nitrogen and oxygen atoms in total. The third-order valence-electron chi connectivity index (χ3n) is 2.45. The Hall–Kier alpha value is -1.48. The zero-order chi connectivity index (χ0) is 12.3. The standard InChI is InChI=1S/C13H13ClFNO/c1-2-10-4-5-11(17-10)8-16-9-3-6-12(14)13(15)7-9/h3-7,16H,2,8H2,1H3. The quantitative estimate of drug-likeness (QED) is 0.881. The van der Waals surface area contributed by atoms with Crippen molar-refractivity contribution < 1.29 is 8.81 Å². The van der Waals surface area contributed by atoms with Gasteiger partial charge in [0.05, 0.1) is 11.6 Å². The molecular weight excluding hydrogens is 241 g/mol. The lowest BCUT2D eigenvalue weighted by Gasteiger charge is -2.05. The lowest BCUT2D eigenvalue weighted by molar-refractivity contribution is 0.476. The van der Waals surface area contributed by atoms with Crippen molar-refractivity contribution in [3.05, 3.63) is 52.7 Å². The second-order valence-corrected chi connectivity index (χ2v) is 4.11. The van der Waals surface area contributed by atoms with Crippen LogP contribution in [0.4, 0.5) is 10.1 Å². The molecule has 1 aromatic carbocycles. The fraction of sp³-hybridized carbons (Fsp3) is 0.231. The first-order chi connectivity index (χ1) is 8.19. The van der Waals surface area contributed by atoms with Gasteiger partial charge in [0.2, 0.25) is 0 Å². The van der Waals surface area contributed by atoms with Crippen LogP contribution >= 0.6 is 11.6 Å². The summed E-state index contributed by atoms with van der Waals surface area (Å²) in [4.78, 5) is 0. The number of benzene rings is 1. The van der Waals surface area contributed by atoms with E-state index < -0.39 is 5.82 Å². The minimum atomic E-state index is -0.426. The topological polar surface area (TPSA) is 25.2 Å². The second kappa shape index (κ2) is 5.23. The van der Waals surface area contributed by atoms with Crippen molar-refractivity contribution in [3.8, 4) is 0 Å². The molecule has 1 aromatic heterocycles. The Morgan fingerprint density at radius 2 is 2.00 bits per heavy atom. The number of nitrogens with one attached hydrogen (secondary N) is 1. The number of halogens is 2. The SMILES string of the molecule is CCc1ccc(CNc2ccc(Cl)c(F)c2)o1.